The third kappa shape index (κ3) is 6.61. The van der Waals surface area contributed by atoms with Crippen LogP contribution in [0.5, 0.6) is 0 Å². The highest BCUT2D eigenvalue weighted by Gasteiger charge is 2.25. The molecule has 0 aliphatic heterocycles. The molecule has 0 radical (unpaired) electrons. The number of aromatic nitrogens is 1. The minimum Gasteiger partial charge on any atom is -0.593 e. The third-order valence-corrected chi connectivity index (χ3v) is 7.80. The second-order valence-corrected chi connectivity index (χ2v) is 10.5. The average Bonchev–Trinajstić information content (AvgIpc) is 3.36. The van der Waals surface area contributed by atoms with Crippen molar-refractivity contribution >= 4 is 62.3 Å². The molecule has 0 fully saturated rings. The Kier molecular flexibility index (Phi) is 8.81. The highest BCUT2D eigenvalue weighted by Crippen LogP contribution is 2.30. The maximum Gasteiger partial charge on any atom is 0.277 e. The Balaban J connectivity index is 1.60. The summed E-state index contributed by atoms with van der Waals surface area (Å²) in [4.78, 5) is 21.4. The van der Waals surface area contributed by atoms with Crippen LogP contribution >= 0.6 is 11.3 Å². The van der Waals surface area contributed by atoms with E-state index in [4.69, 9.17) is 22.0 Å². The number of nitrogens with zero attached hydrogens (tertiary/aromatic N) is 3. The fourth-order valence-electron chi connectivity index (χ4n) is 3.67. The van der Waals surface area contributed by atoms with Crippen LogP contribution in [0.3, 0.4) is 0 Å². The number of nitrogen functional groups attached to an aromatic ring is 1. The number of para-hydroxylation sites is 1. The van der Waals surface area contributed by atoms with Gasteiger partial charge in [-0.25, -0.2) is 4.98 Å². The molecule has 1 heterocycles. The summed E-state index contributed by atoms with van der Waals surface area (Å²) >= 11 is -0.122. The molecule has 0 aliphatic rings. The van der Waals surface area contributed by atoms with Crippen LogP contribution in [0, 0.1) is 5.41 Å². The van der Waals surface area contributed by atoms with E-state index in [1.807, 2.05) is 42.5 Å². The van der Waals surface area contributed by atoms with Crippen LogP contribution in [0.15, 0.2) is 87.8 Å². The van der Waals surface area contributed by atoms with Crippen molar-refractivity contribution in [2.24, 2.45) is 21.7 Å². The van der Waals surface area contributed by atoms with E-state index in [2.05, 4.69) is 20.1 Å². The first-order valence-corrected chi connectivity index (χ1v) is 13.4. The minimum atomic E-state index is -1.65. The molecule has 7 N–H and O–H groups in total. The Morgan fingerprint density at radius 1 is 1.18 bits per heavy atom. The smallest absolute Gasteiger partial charge is 0.277 e. The van der Waals surface area contributed by atoms with Gasteiger partial charge in [0.2, 0.25) is 0 Å². The number of nitrogens with one attached hydrogen (secondary N) is 3. The van der Waals surface area contributed by atoms with E-state index < -0.39 is 23.3 Å². The van der Waals surface area contributed by atoms with E-state index in [-0.39, 0.29) is 11.5 Å². The van der Waals surface area contributed by atoms with Crippen LogP contribution in [0.2, 0.25) is 0 Å². The molecule has 38 heavy (non-hydrogen) atoms. The fourth-order valence-corrected chi connectivity index (χ4v) is 5.79. The zero-order valence-corrected chi connectivity index (χ0v) is 22.1. The summed E-state index contributed by atoms with van der Waals surface area (Å²) in [5.74, 6) is 4.72. The molecular weight excluding hydrogens is 520 g/mol. The molecule has 194 valence electrons. The monoisotopic (exact) mass is 546 g/mol. The van der Waals surface area contributed by atoms with Crippen molar-refractivity contribution < 1.29 is 9.35 Å². The number of nitrogens with two attached hydrogens (primary N) is 2. The van der Waals surface area contributed by atoms with Gasteiger partial charge in [0.25, 0.3) is 5.91 Å². The molecule has 0 saturated heterocycles. The highest BCUT2D eigenvalue weighted by molar-refractivity contribution is 7.89. The Morgan fingerprint density at radius 2 is 1.97 bits per heavy atom. The lowest BCUT2D eigenvalue weighted by atomic mass is 10.0. The third-order valence-electron chi connectivity index (χ3n) is 5.46. The van der Waals surface area contributed by atoms with Crippen LogP contribution in [0.4, 0.5) is 5.69 Å². The van der Waals surface area contributed by atoms with E-state index >= 15 is 0 Å². The highest BCUT2D eigenvalue weighted by atomic mass is 32.2. The van der Waals surface area contributed by atoms with Crippen molar-refractivity contribution in [2.75, 3.05) is 12.4 Å². The van der Waals surface area contributed by atoms with Crippen LogP contribution < -0.4 is 21.6 Å². The number of benzene rings is 3. The predicted octanol–water partition coefficient (Wildman–Crippen LogP) is 3.13. The van der Waals surface area contributed by atoms with Crippen molar-refractivity contribution in [3.63, 3.8) is 0 Å². The van der Waals surface area contributed by atoms with Gasteiger partial charge in [0, 0.05) is 24.4 Å². The van der Waals surface area contributed by atoms with Crippen molar-refractivity contribution in [2.45, 2.75) is 17.4 Å². The van der Waals surface area contributed by atoms with Crippen LogP contribution in [0.25, 0.3) is 10.2 Å². The van der Waals surface area contributed by atoms with Gasteiger partial charge in [0.15, 0.2) is 10.6 Å². The summed E-state index contributed by atoms with van der Waals surface area (Å²) < 4.78 is 17.7. The predicted molar refractivity (Wildman–Crippen MR) is 154 cm³/mol. The molecule has 0 aliphatic carbocycles. The number of amides is 1. The number of aliphatic imine (C=N–C) groups is 1. The van der Waals surface area contributed by atoms with E-state index in [0.29, 0.717) is 22.6 Å². The number of hydrazone groups is 1. The van der Waals surface area contributed by atoms with Gasteiger partial charge in [-0.05, 0) is 42.3 Å². The molecule has 2 atom stereocenters. The summed E-state index contributed by atoms with van der Waals surface area (Å²) in [6.45, 7) is 0. The first-order chi connectivity index (χ1) is 18.4. The molecule has 2 unspecified atom stereocenters. The summed E-state index contributed by atoms with van der Waals surface area (Å²) in [6.07, 6.45) is 1.72. The second-order valence-electron chi connectivity index (χ2n) is 8.16. The second kappa shape index (κ2) is 12.4. The lowest BCUT2D eigenvalue weighted by Gasteiger charge is -2.19. The van der Waals surface area contributed by atoms with Crippen LogP contribution in [0.1, 0.15) is 22.2 Å². The molecule has 0 bridgehead atoms. The largest absolute Gasteiger partial charge is 0.593 e. The number of fused-ring (bicyclic) bond motifs is 1. The zero-order valence-electron chi connectivity index (χ0n) is 20.4. The number of amidine groups is 1. The molecule has 4 rings (SSSR count). The van der Waals surface area contributed by atoms with E-state index in [1.54, 1.807) is 30.3 Å². The van der Waals surface area contributed by atoms with Crippen LogP contribution in [-0.2, 0) is 22.6 Å². The maximum atomic E-state index is 13.5. The van der Waals surface area contributed by atoms with E-state index in [9.17, 15) is 9.35 Å². The van der Waals surface area contributed by atoms with E-state index in [0.717, 1.165) is 20.8 Å². The van der Waals surface area contributed by atoms with Crippen molar-refractivity contribution in [3.05, 3.63) is 88.9 Å². The average molecular weight is 547 g/mol. The Bertz CT molecular complexity index is 1480. The first kappa shape index (κ1) is 26.9. The molecule has 4 aromatic rings. The number of carbonyl (C=O) groups excluding carboxylic acids is 1. The Hall–Kier alpha value is -4.10. The molecular formula is C26H26N8O2S2. The van der Waals surface area contributed by atoms with Gasteiger partial charge < -0.3 is 21.4 Å². The first-order valence-electron chi connectivity index (χ1n) is 11.5. The normalized spacial score (nSPS) is 13.5. The number of rotatable bonds is 10. The molecule has 12 heteroatoms. The fraction of sp³-hybridized carbons (Fsp3) is 0.115. The summed E-state index contributed by atoms with van der Waals surface area (Å²) in [7, 11) is 1.51. The van der Waals surface area contributed by atoms with Gasteiger partial charge in [-0.15, -0.1) is 16.1 Å². The molecule has 10 nitrogen and oxygen atoms in total. The molecule has 1 aromatic heterocycles. The number of carbonyl (C=O) groups is 1. The van der Waals surface area contributed by atoms with Gasteiger partial charge in [-0.1, -0.05) is 36.4 Å². The topological polar surface area (TPSA) is 178 Å². The SMILES string of the molecule is CN=CC(=NN)C(=O)Nc1cccc([S+]([O-])NC(Cc2cccc(C(=N)N)c2)c2nc3ccccc3s2)c1. The van der Waals surface area contributed by atoms with Gasteiger partial charge in [0.1, 0.15) is 16.9 Å². The van der Waals surface area contributed by atoms with Crippen molar-refractivity contribution in [1.82, 2.24) is 9.71 Å². The lowest BCUT2D eigenvalue weighted by Crippen LogP contribution is -2.30. The molecule has 0 spiro atoms. The van der Waals surface area contributed by atoms with Gasteiger partial charge in [-0.3, -0.25) is 15.2 Å². The molecule has 3 aromatic carbocycles. The van der Waals surface area contributed by atoms with Gasteiger partial charge in [0.05, 0.1) is 27.8 Å². The Morgan fingerprint density at radius 3 is 2.71 bits per heavy atom. The summed E-state index contributed by atoms with van der Waals surface area (Å²) in [6, 6.07) is 21.5. The zero-order chi connectivity index (χ0) is 27.1. The molecule has 0 saturated carbocycles. The van der Waals surface area contributed by atoms with E-state index in [1.165, 1.54) is 24.6 Å². The number of anilines is 1. The number of hydrogen-bond donors (Lipinski definition) is 5. The standard InChI is InChI=1S/C26H26N8O2S2/c1-30-15-22(33-29)25(35)31-18-8-5-9-19(14-18)38(36)34-21(13-16-6-4-7-17(12-16)24(27)28)26-32-20-10-2-3-11-23(20)37-26/h2-12,14-15,21,34H,13,29H2,1H3,(H3,27,28)(H,31,35). The lowest BCUT2D eigenvalue weighted by molar-refractivity contribution is -0.110. The van der Waals surface area contributed by atoms with Crippen molar-refractivity contribution in [3.8, 4) is 0 Å². The molecule has 1 amide bonds. The minimum absolute atomic E-state index is 0.0215. The quantitative estimate of drug-likeness (QED) is 0.0670. The summed E-state index contributed by atoms with van der Waals surface area (Å²) in [5, 5.41) is 14.7. The number of thiazole rings is 1. The van der Waals surface area contributed by atoms with Crippen molar-refractivity contribution in [1.29, 1.82) is 5.41 Å². The summed E-state index contributed by atoms with van der Waals surface area (Å²) in [5.41, 5.74) is 8.46. The Labute approximate surface area is 226 Å². The maximum absolute atomic E-state index is 13.5. The van der Waals surface area contributed by atoms with Gasteiger partial charge >= 0.3 is 0 Å². The van der Waals surface area contributed by atoms with Gasteiger partial charge in [-0.2, -0.15) is 5.10 Å². The number of hydrogen-bond acceptors (Lipinski definition) is 9. The van der Waals surface area contributed by atoms with Crippen LogP contribution in [-0.4, -0.2) is 40.3 Å².